The molecule has 0 saturated carbocycles. The van der Waals surface area contributed by atoms with Crippen LogP contribution in [0, 0.1) is 5.92 Å². The number of rotatable bonds is 7. The molecule has 1 fully saturated rings. The summed E-state index contributed by atoms with van der Waals surface area (Å²) in [4.78, 5) is 53.4. The predicted octanol–water partition coefficient (Wildman–Crippen LogP) is 6.70. The van der Waals surface area contributed by atoms with Gasteiger partial charge in [-0.05, 0) is 80.2 Å². The number of nitrogens with zero attached hydrogens (tertiary/aromatic N) is 3. The first kappa shape index (κ1) is 35.9. The lowest BCUT2D eigenvalue weighted by atomic mass is 9.99. The summed E-state index contributed by atoms with van der Waals surface area (Å²) in [5.74, 6) is 0.291. The number of alkyl halides is 3. The number of pyridine rings is 4. The number of ether oxygens (including phenoxy) is 1. The number of carbonyl (C=O) groups excluding carboxylic acids is 1. The normalized spacial score (nSPS) is 13.5. The third kappa shape index (κ3) is 8.53. The summed E-state index contributed by atoms with van der Waals surface area (Å²) in [5.41, 5.74) is 1.15. The van der Waals surface area contributed by atoms with Crippen molar-refractivity contribution in [1.82, 2.24) is 24.8 Å². The van der Waals surface area contributed by atoms with E-state index in [1.54, 1.807) is 18.3 Å². The van der Waals surface area contributed by atoms with Crippen molar-refractivity contribution in [2.45, 2.75) is 25.6 Å². The van der Waals surface area contributed by atoms with Crippen molar-refractivity contribution < 1.29 is 22.7 Å². The second kappa shape index (κ2) is 15.6. The van der Waals surface area contributed by atoms with Crippen LogP contribution < -0.4 is 21.8 Å². The first-order chi connectivity index (χ1) is 25.0. The number of benzene rings is 2. The number of anilines is 3. The second-order valence-corrected chi connectivity index (χ2v) is 12.5. The third-order valence-electron chi connectivity index (χ3n) is 8.40. The van der Waals surface area contributed by atoms with Gasteiger partial charge in [0.2, 0.25) is 5.91 Å². The van der Waals surface area contributed by atoms with E-state index in [0.29, 0.717) is 66.0 Å². The average Bonchev–Trinajstić information content (AvgIpc) is 3.12. The van der Waals surface area contributed by atoms with Gasteiger partial charge in [0.15, 0.2) is 0 Å². The Bertz CT molecular complexity index is 2320. The highest BCUT2D eigenvalue weighted by atomic mass is 19.4. The Balaban J connectivity index is 0.000000179. The van der Waals surface area contributed by atoms with Crippen LogP contribution in [0.15, 0.2) is 101 Å². The quantitative estimate of drug-likeness (QED) is 0.143. The number of carbonyl (C=O) groups is 1. The number of aromatic amines is 2. The number of amides is 1. The largest absolute Gasteiger partial charge is 0.416 e. The fraction of sp³-hybridized carbons (Fsp3) is 0.237. The summed E-state index contributed by atoms with van der Waals surface area (Å²) in [6.45, 7) is 1.69. The van der Waals surface area contributed by atoms with Gasteiger partial charge < -0.3 is 30.2 Å². The Morgan fingerprint density at radius 2 is 1.50 bits per heavy atom. The molecule has 0 unspecified atom stereocenters. The zero-order valence-electron chi connectivity index (χ0n) is 28.4. The lowest BCUT2D eigenvalue weighted by Gasteiger charge is -2.21. The molecule has 0 spiro atoms. The summed E-state index contributed by atoms with van der Waals surface area (Å²) >= 11 is 0. The lowest BCUT2D eigenvalue weighted by molar-refractivity contribution is -0.137. The van der Waals surface area contributed by atoms with E-state index in [4.69, 9.17) is 4.74 Å². The van der Waals surface area contributed by atoms with Gasteiger partial charge in [-0.1, -0.05) is 36.4 Å². The number of hydrogen-bond acceptors (Lipinski definition) is 8. The number of aromatic nitrogens is 4. The van der Waals surface area contributed by atoms with Crippen LogP contribution in [0.5, 0.6) is 0 Å². The molecule has 2 aromatic carbocycles. The molecule has 4 aromatic heterocycles. The highest BCUT2D eigenvalue weighted by Crippen LogP contribution is 2.32. The van der Waals surface area contributed by atoms with Crippen LogP contribution in [0.4, 0.5) is 30.5 Å². The van der Waals surface area contributed by atoms with E-state index in [1.807, 2.05) is 61.5 Å². The summed E-state index contributed by atoms with van der Waals surface area (Å²) in [6.07, 6.45) is 0.0378. The van der Waals surface area contributed by atoms with E-state index in [-0.39, 0.29) is 34.4 Å². The zero-order chi connectivity index (χ0) is 36.8. The molecule has 0 bridgehead atoms. The van der Waals surface area contributed by atoms with Crippen molar-refractivity contribution >= 4 is 44.8 Å². The summed E-state index contributed by atoms with van der Waals surface area (Å²) in [5, 5.41) is 7.84. The van der Waals surface area contributed by atoms with Crippen LogP contribution >= 0.6 is 0 Å². The number of fused-ring (bicyclic) bond motifs is 2. The number of H-pyrrole nitrogens is 2. The van der Waals surface area contributed by atoms with Crippen LogP contribution in [0.2, 0.25) is 0 Å². The summed E-state index contributed by atoms with van der Waals surface area (Å²) < 4.78 is 44.1. The Kier molecular flexibility index (Phi) is 10.8. The van der Waals surface area contributed by atoms with E-state index in [9.17, 15) is 27.6 Å². The average molecular weight is 712 g/mol. The molecule has 0 atom stereocenters. The molecule has 1 saturated heterocycles. The minimum atomic E-state index is -4.45. The van der Waals surface area contributed by atoms with Gasteiger partial charge in [-0.25, -0.2) is 9.97 Å². The molecule has 14 heteroatoms. The Morgan fingerprint density at radius 1 is 0.846 bits per heavy atom. The number of hydrogen-bond donors (Lipinski definition) is 4. The van der Waals surface area contributed by atoms with Crippen LogP contribution in [0.1, 0.15) is 24.1 Å². The number of halogens is 3. The van der Waals surface area contributed by atoms with Crippen molar-refractivity contribution in [1.29, 1.82) is 0 Å². The van der Waals surface area contributed by atoms with Gasteiger partial charge in [0.25, 0.3) is 11.1 Å². The number of nitrogens with one attached hydrogen (secondary N) is 4. The van der Waals surface area contributed by atoms with Gasteiger partial charge in [0.1, 0.15) is 11.6 Å². The first-order valence-corrected chi connectivity index (χ1v) is 16.5. The molecule has 4 N–H and O–H groups in total. The fourth-order valence-electron chi connectivity index (χ4n) is 5.91. The molecular weight excluding hydrogens is 675 g/mol. The molecule has 6 aromatic rings. The van der Waals surface area contributed by atoms with Gasteiger partial charge in [-0.3, -0.25) is 14.4 Å². The third-order valence-corrected chi connectivity index (χ3v) is 8.40. The monoisotopic (exact) mass is 711 g/mol. The van der Waals surface area contributed by atoms with E-state index in [2.05, 4.69) is 30.6 Å². The topological polar surface area (TPSA) is 145 Å². The van der Waals surface area contributed by atoms with Crippen molar-refractivity contribution in [3.05, 3.63) is 123 Å². The van der Waals surface area contributed by atoms with Gasteiger partial charge in [0.05, 0.1) is 27.7 Å². The molecule has 0 aliphatic carbocycles. The van der Waals surface area contributed by atoms with Crippen molar-refractivity contribution in [2.75, 3.05) is 37.9 Å². The van der Waals surface area contributed by atoms with Gasteiger partial charge in [-0.15, -0.1) is 0 Å². The van der Waals surface area contributed by atoms with E-state index in [0.717, 1.165) is 23.1 Å². The van der Waals surface area contributed by atoms with Crippen LogP contribution in [-0.4, -0.2) is 58.1 Å². The van der Waals surface area contributed by atoms with Crippen molar-refractivity contribution in [3.63, 3.8) is 0 Å². The Morgan fingerprint density at radius 3 is 2.15 bits per heavy atom. The molecular formula is C38H36F3N7O4. The van der Waals surface area contributed by atoms with Crippen LogP contribution in [0.25, 0.3) is 32.8 Å². The highest BCUT2D eigenvalue weighted by molar-refractivity contribution is 6.02. The van der Waals surface area contributed by atoms with Crippen molar-refractivity contribution in [3.8, 4) is 11.3 Å². The smallest absolute Gasteiger partial charge is 0.381 e. The standard InChI is InChI=1S/C20H19N3O3.C18H17F3N4O/c24-19(14-7-10-26-11-8-14)23-18-17-15(6-9-21-20(17)25)12-16(22-18)13-4-2-1-3-5-13;1-25(2)10-14-8-11-6-7-22-17(26)15(11)16(24-14)23-13-5-3-4-12(9-13)18(19,20)21/h1-6,9,12,14H,7-8,10-11H2,(H,21,25)(H,22,23,24);3-9H,10H2,1-2H3,(H,22,26)(H,23,24). The minimum Gasteiger partial charge on any atom is -0.381 e. The van der Waals surface area contributed by atoms with Crippen molar-refractivity contribution in [2.24, 2.45) is 5.92 Å². The molecule has 268 valence electrons. The van der Waals surface area contributed by atoms with E-state index in [1.165, 1.54) is 18.3 Å². The molecule has 1 aliphatic rings. The molecule has 11 nitrogen and oxygen atoms in total. The van der Waals surface area contributed by atoms with Gasteiger partial charge in [-0.2, -0.15) is 13.2 Å². The van der Waals surface area contributed by atoms with Crippen LogP contribution in [0.3, 0.4) is 0 Å². The predicted molar refractivity (Wildman–Crippen MR) is 194 cm³/mol. The lowest BCUT2D eigenvalue weighted by Crippen LogP contribution is -2.29. The van der Waals surface area contributed by atoms with E-state index < -0.39 is 11.7 Å². The maximum Gasteiger partial charge on any atom is 0.416 e. The highest BCUT2D eigenvalue weighted by Gasteiger charge is 2.30. The molecule has 5 heterocycles. The van der Waals surface area contributed by atoms with E-state index >= 15 is 0 Å². The summed E-state index contributed by atoms with van der Waals surface area (Å²) in [6, 6.07) is 21.7. The molecule has 1 amide bonds. The summed E-state index contributed by atoms with van der Waals surface area (Å²) in [7, 11) is 3.76. The maximum atomic E-state index is 12.9. The first-order valence-electron chi connectivity index (χ1n) is 16.5. The zero-order valence-corrected chi connectivity index (χ0v) is 28.4. The molecule has 7 rings (SSSR count). The Hall–Kier alpha value is -5.86. The Labute approximate surface area is 295 Å². The maximum absolute atomic E-state index is 12.9. The molecule has 52 heavy (non-hydrogen) atoms. The van der Waals surface area contributed by atoms with Crippen LogP contribution in [-0.2, 0) is 22.3 Å². The van der Waals surface area contributed by atoms with Gasteiger partial charge >= 0.3 is 6.18 Å². The molecule has 1 aliphatic heterocycles. The van der Waals surface area contributed by atoms with Gasteiger partial charge in [0, 0.05) is 49.3 Å². The minimum absolute atomic E-state index is 0.115. The SMILES string of the molecule is CN(C)Cc1cc2cc[nH]c(=O)c2c(Nc2cccc(C(F)(F)F)c2)n1.O=C(Nc1nc(-c2ccccc2)cc2cc[nH]c(=O)c12)C1CCOCC1. The second-order valence-electron chi connectivity index (χ2n) is 12.5. The fourth-order valence-corrected chi connectivity index (χ4v) is 5.91. The molecule has 0 radical (unpaired) electrons.